The van der Waals surface area contributed by atoms with E-state index in [1.165, 1.54) is 0 Å². The summed E-state index contributed by atoms with van der Waals surface area (Å²) in [5.41, 5.74) is 0.0263. The lowest BCUT2D eigenvalue weighted by Gasteiger charge is -2.40. The molecule has 0 bridgehead atoms. The Bertz CT molecular complexity index is 372. The van der Waals surface area contributed by atoms with Gasteiger partial charge >= 0.3 is 0 Å². The number of hydrogen-bond donors (Lipinski definition) is 2. The summed E-state index contributed by atoms with van der Waals surface area (Å²) < 4.78 is 26.2. The Kier molecular flexibility index (Phi) is 3.10. The van der Waals surface area contributed by atoms with Gasteiger partial charge in [0.25, 0.3) is 0 Å². The van der Waals surface area contributed by atoms with E-state index in [0.29, 0.717) is 6.54 Å². The minimum atomic E-state index is -0.464. The first-order chi connectivity index (χ1) is 7.65. The van der Waals surface area contributed by atoms with Crippen LogP contribution in [0.5, 0.6) is 0 Å². The molecular formula is C12H15F2NO. The van der Waals surface area contributed by atoms with Crippen molar-refractivity contribution in [3.05, 3.63) is 29.8 Å². The van der Waals surface area contributed by atoms with Crippen molar-refractivity contribution in [2.24, 2.45) is 5.41 Å². The first kappa shape index (κ1) is 11.3. The highest BCUT2D eigenvalue weighted by molar-refractivity contribution is 5.45. The molecule has 0 amide bonds. The van der Waals surface area contributed by atoms with Gasteiger partial charge in [-0.3, -0.25) is 0 Å². The zero-order valence-corrected chi connectivity index (χ0v) is 8.97. The fourth-order valence-electron chi connectivity index (χ4n) is 1.98. The van der Waals surface area contributed by atoms with Gasteiger partial charge in [-0.25, -0.2) is 8.78 Å². The molecule has 0 aromatic heterocycles. The van der Waals surface area contributed by atoms with Crippen LogP contribution in [0, 0.1) is 17.0 Å². The van der Waals surface area contributed by atoms with Crippen LogP contribution in [0.15, 0.2) is 18.2 Å². The molecule has 1 saturated carbocycles. The largest absolute Gasteiger partial charge is 0.396 e. The highest BCUT2D eigenvalue weighted by Gasteiger charge is 2.36. The van der Waals surface area contributed by atoms with Crippen molar-refractivity contribution in [2.45, 2.75) is 19.3 Å². The van der Waals surface area contributed by atoms with Crippen molar-refractivity contribution in [3.63, 3.8) is 0 Å². The molecule has 0 radical (unpaired) electrons. The van der Waals surface area contributed by atoms with Crippen molar-refractivity contribution in [1.82, 2.24) is 0 Å². The van der Waals surface area contributed by atoms with E-state index in [9.17, 15) is 13.9 Å². The van der Waals surface area contributed by atoms with Gasteiger partial charge < -0.3 is 10.4 Å². The number of aliphatic hydroxyl groups is 1. The van der Waals surface area contributed by atoms with Crippen LogP contribution in [-0.2, 0) is 0 Å². The highest BCUT2D eigenvalue weighted by atomic mass is 19.1. The maximum absolute atomic E-state index is 13.3. The molecule has 0 saturated heterocycles. The number of hydrogen-bond acceptors (Lipinski definition) is 2. The van der Waals surface area contributed by atoms with Gasteiger partial charge in [0.1, 0.15) is 11.6 Å². The van der Waals surface area contributed by atoms with E-state index in [4.69, 9.17) is 0 Å². The molecule has 2 nitrogen and oxygen atoms in total. The van der Waals surface area contributed by atoms with Crippen molar-refractivity contribution in [3.8, 4) is 0 Å². The highest BCUT2D eigenvalue weighted by Crippen LogP contribution is 2.40. The van der Waals surface area contributed by atoms with Crippen LogP contribution in [0.25, 0.3) is 0 Å². The van der Waals surface area contributed by atoms with E-state index < -0.39 is 11.6 Å². The summed E-state index contributed by atoms with van der Waals surface area (Å²) in [5.74, 6) is -0.927. The van der Waals surface area contributed by atoms with Gasteiger partial charge in [0.05, 0.1) is 12.3 Å². The minimum absolute atomic E-state index is 0.0942. The van der Waals surface area contributed by atoms with E-state index in [0.717, 1.165) is 37.5 Å². The molecule has 2 rings (SSSR count). The van der Waals surface area contributed by atoms with Gasteiger partial charge in [-0.15, -0.1) is 0 Å². The molecule has 0 aliphatic heterocycles. The maximum Gasteiger partial charge on any atom is 0.146 e. The second-order valence-electron chi connectivity index (χ2n) is 4.49. The van der Waals surface area contributed by atoms with Crippen molar-refractivity contribution < 1.29 is 13.9 Å². The monoisotopic (exact) mass is 227 g/mol. The Morgan fingerprint density at radius 2 is 2.06 bits per heavy atom. The Hall–Kier alpha value is -1.16. The molecule has 1 aliphatic rings. The fourth-order valence-corrected chi connectivity index (χ4v) is 1.98. The zero-order chi connectivity index (χ0) is 11.6. The normalized spacial score (nSPS) is 17.9. The number of rotatable bonds is 4. The van der Waals surface area contributed by atoms with Crippen LogP contribution in [0.2, 0.25) is 0 Å². The van der Waals surface area contributed by atoms with Crippen molar-refractivity contribution in [2.75, 3.05) is 18.5 Å². The van der Waals surface area contributed by atoms with E-state index in [1.54, 1.807) is 0 Å². The van der Waals surface area contributed by atoms with Gasteiger partial charge in [-0.1, -0.05) is 6.42 Å². The van der Waals surface area contributed by atoms with Crippen molar-refractivity contribution >= 4 is 5.69 Å². The molecule has 0 atom stereocenters. The van der Waals surface area contributed by atoms with Gasteiger partial charge in [-0.05, 0) is 31.0 Å². The molecule has 1 fully saturated rings. The van der Waals surface area contributed by atoms with E-state index in [-0.39, 0.29) is 17.7 Å². The zero-order valence-electron chi connectivity index (χ0n) is 8.97. The van der Waals surface area contributed by atoms with Crippen LogP contribution in [0.1, 0.15) is 19.3 Å². The van der Waals surface area contributed by atoms with Gasteiger partial charge in [0.2, 0.25) is 0 Å². The van der Waals surface area contributed by atoms with E-state index in [1.807, 2.05) is 0 Å². The average Bonchev–Trinajstić information content (AvgIpc) is 2.22. The smallest absolute Gasteiger partial charge is 0.146 e. The average molecular weight is 227 g/mol. The van der Waals surface area contributed by atoms with E-state index >= 15 is 0 Å². The second kappa shape index (κ2) is 4.37. The molecule has 88 valence electrons. The molecule has 1 aliphatic carbocycles. The summed E-state index contributed by atoms with van der Waals surface area (Å²) in [6.07, 6.45) is 2.97. The quantitative estimate of drug-likeness (QED) is 0.828. The third-order valence-electron chi connectivity index (χ3n) is 3.33. The van der Waals surface area contributed by atoms with Crippen molar-refractivity contribution in [1.29, 1.82) is 0 Å². The van der Waals surface area contributed by atoms with Gasteiger partial charge in [0.15, 0.2) is 0 Å². The Morgan fingerprint density at radius 3 is 2.62 bits per heavy atom. The van der Waals surface area contributed by atoms with Crippen LogP contribution in [-0.4, -0.2) is 18.3 Å². The molecule has 0 heterocycles. The lowest BCUT2D eigenvalue weighted by atomic mass is 9.69. The van der Waals surface area contributed by atoms with Crippen LogP contribution >= 0.6 is 0 Å². The third-order valence-corrected chi connectivity index (χ3v) is 3.33. The molecule has 0 unspecified atom stereocenters. The van der Waals surface area contributed by atoms with E-state index in [2.05, 4.69) is 5.32 Å². The lowest BCUT2D eigenvalue weighted by molar-refractivity contribution is 0.0576. The Balaban J connectivity index is 2.01. The molecule has 4 heteroatoms. The number of benzene rings is 1. The molecule has 1 aromatic carbocycles. The van der Waals surface area contributed by atoms with Crippen LogP contribution in [0.4, 0.5) is 14.5 Å². The first-order valence-electron chi connectivity index (χ1n) is 5.45. The molecule has 2 N–H and O–H groups in total. The number of nitrogens with one attached hydrogen (secondary N) is 1. The van der Waals surface area contributed by atoms with Gasteiger partial charge in [-0.2, -0.15) is 0 Å². The summed E-state index contributed by atoms with van der Waals surface area (Å²) in [5, 5.41) is 12.1. The maximum atomic E-state index is 13.3. The summed E-state index contributed by atoms with van der Waals surface area (Å²) in [4.78, 5) is 0. The number of aliphatic hydroxyl groups excluding tert-OH is 1. The second-order valence-corrected chi connectivity index (χ2v) is 4.49. The predicted octanol–water partition coefficient (Wildman–Crippen LogP) is 2.54. The Morgan fingerprint density at radius 1 is 1.31 bits per heavy atom. The fraction of sp³-hybridized carbons (Fsp3) is 0.500. The predicted molar refractivity (Wildman–Crippen MR) is 58.2 cm³/mol. The number of anilines is 1. The first-order valence-corrected chi connectivity index (χ1v) is 5.45. The summed E-state index contributed by atoms with van der Waals surface area (Å²) in [7, 11) is 0. The Labute approximate surface area is 93.3 Å². The SMILES string of the molecule is OCC1(CNc2cc(F)ccc2F)CCC1. The summed E-state index contributed by atoms with van der Waals surface area (Å²) >= 11 is 0. The third kappa shape index (κ3) is 2.16. The van der Waals surface area contributed by atoms with Crippen LogP contribution in [0.3, 0.4) is 0 Å². The molecular weight excluding hydrogens is 212 g/mol. The minimum Gasteiger partial charge on any atom is -0.396 e. The van der Waals surface area contributed by atoms with Gasteiger partial charge in [0, 0.05) is 12.0 Å². The molecule has 0 spiro atoms. The lowest BCUT2D eigenvalue weighted by Crippen LogP contribution is -2.39. The summed E-state index contributed by atoms with van der Waals surface area (Å²) in [6, 6.07) is 3.33. The molecule has 16 heavy (non-hydrogen) atoms. The topological polar surface area (TPSA) is 32.3 Å². The summed E-state index contributed by atoms with van der Waals surface area (Å²) in [6.45, 7) is 0.584. The number of halogens is 2. The van der Waals surface area contributed by atoms with Crippen LogP contribution < -0.4 is 5.32 Å². The molecule has 1 aromatic rings. The standard InChI is InChI=1S/C12H15F2NO/c13-9-2-3-10(14)11(6-9)15-7-12(8-16)4-1-5-12/h2-3,6,15-16H,1,4-5,7-8H2.